The molecule has 2 aromatic rings. The van der Waals surface area contributed by atoms with Gasteiger partial charge < -0.3 is 0 Å². The van der Waals surface area contributed by atoms with Gasteiger partial charge in [0.05, 0.1) is 0 Å². The summed E-state index contributed by atoms with van der Waals surface area (Å²) in [6, 6.07) is 15.5. The van der Waals surface area contributed by atoms with E-state index in [2.05, 4.69) is 0 Å². The Morgan fingerprint density at radius 3 is 2.59 bits per heavy atom. The maximum absolute atomic E-state index is 10.5. The van der Waals surface area contributed by atoms with Crippen LogP contribution in [0, 0.1) is 17.0 Å². The molecule has 0 unspecified atom stereocenters. The quantitative estimate of drug-likeness (QED) is 0.595. The van der Waals surface area contributed by atoms with Crippen molar-refractivity contribution in [3.8, 4) is 11.1 Å². The van der Waals surface area contributed by atoms with E-state index in [1.165, 1.54) is 5.56 Å². The standard InChI is InChI=1S/C14H13NO2/c1-11-5-2-3-8-14(11)13-7-4-6-12(9-13)10-15(16)17/h2-9H,10H2,1H3. The van der Waals surface area contributed by atoms with Crippen LogP contribution in [0.4, 0.5) is 0 Å². The first-order valence-corrected chi connectivity index (χ1v) is 5.43. The van der Waals surface area contributed by atoms with Crippen LogP contribution >= 0.6 is 0 Å². The lowest BCUT2D eigenvalue weighted by Crippen LogP contribution is -1.98. The van der Waals surface area contributed by atoms with Crippen LogP contribution in [0.5, 0.6) is 0 Å². The third-order valence-electron chi connectivity index (χ3n) is 2.69. The number of nitro groups is 1. The van der Waals surface area contributed by atoms with E-state index in [-0.39, 0.29) is 11.5 Å². The van der Waals surface area contributed by atoms with Crippen molar-refractivity contribution in [1.29, 1.82) is 0 Å². The number of benzene rings is 2. The molecule has 0 spiro atoms. The first-order chi connectivity index (χ1) is 8.16. The van der Waals surface area contributed by atoms with Gasteiger partial charge in [-0.1, -0.05) is 42.5 Å². The third-order valence-corrected chi connectivity index (χ3v) is 2.69. The molecule has 2 aromatic carbocycles. The van der Waals surface area contributed by atoms with Gasteiger partial charge >= 0.3 is 0 Å². The van der Waals surface area contributed by atoms with Crippen LogP contribution in [0.2, 0.25) is 0 Å². The van der Waals surface area contributed by atoms with Crippen LogP contribution in [0.15, 0.2) is 48.5 Å². The lowest BCUT2D eigenvalue weighted by atomic mass is 9.99. The second-order valence-corrected chi connectivity index (χ2v) is 4.01. The SMILES string of the molecule is Cc1ccccc1-c1cccc(C[N+](=O)[O-])c1. The summed E-state index contributed by atoms with van der Waals surface area (Å²) in [5, 5.41) is 10.5. The maximum Gasteiger partial charge on any atom is 0.228 e. The highest BCUT2D eigenvalue weighted by Gasteiger charge is 2.05. The smallest absolute Gasteiger partial charge is 0.228 e. The third kappa shape index (κ3) is 2.69. The fourth-order valence-electron chi connectivity index (χ4n) is 1.88. The molecule has 0 aliphatic carbocycles. The first-order valence-electron chi connectivity index (χ1n) is 5.43. The Morgan fingerprint density at radius 1 is 1.12 bits per heavy atom. The fourth-order valence-corrected chi connectivity index (χ4v) is 1.88. The normalized spacial score (nSPS) is 10.2. The van der Waals surface area contributed by atoms with Gasteiger partial charge in [0.2, 0.25) is 6.54 Å². The summed E-state index contributed by atoms with van der Waals surface area (Å²) in [4.78, 5) is 10.2. The molecule has 0 atom stereocenters. The number of nitrogens with zero attached hydrogens (tertiary/aromatic N) is 1. The van der Waals surface area contributed by atoms with E-state index in [9.17, 15) is 10.1 Å². The van der Waals surface area contributed by atoms with Gasteiger partial charge in [0.25, 0.3) is 0 Å². The molecular formula is C14H13NO2. The first kappa shape index (κ1) is 11.3. The Balaban J connectivity index is 2.40. The number of hydrogen-bond donors (Lipinski definition) is 0. The topological polar surface area (TPSA) is 43.1 Å². The van der Waals surface area contributed by atoms with Crippen molar-refractivity contribution in [2.24, 2.45) is 0 Å². The number of hydrogen-bond acceptors (Lipinski definition) is 2. The maximum atomic E-state index is 10.5. The van der Waals surface area contributed by atoms with Gasteiger partial charge in [-0.25, -0.2) is 0 Å². The molecule has 0 aromatic heterocycles. The average Bonchev–Trinajstić information content (AvgIpc) is 2.29. The minimum absolute atomic E-state index is 0.125. The molecule has 3 nitrogen and oxygen atoms in total. The molecule has 0 heterocycles. The summed E-state index contributed by atoms with van der Waals surface area (Å²) in [5.74, 6) is 0. The zero-order valence-electron chi connectivity index (χ0n) is 9.59. The second-order valence-electron chi connectivity index (χ2n) is 4.01. The van der Waals surface area contributed by atoms with Crippen LogP contribution in [-0.4, -0.2) is 4.92 Å². The molecule has 0 N–H and O–H groups in total. The Morgan fingerprint density at radius 2 is 1.88 bits per heavy atom. The molecular weight excluding hydrogens is 214 g/mol. The van der Waals surface area contributed by atoms with E-state index in [1.54, 1.807) is 6.07 Å². The summed E-state index contributed by atoms with van der Waals surface area (Å²) < 4.78 is 0. The van der Waals surface area contributed by atoms with Crippen molar-refractivity contribution in [3.63, 3.8) is 0 Å². The van der Waals surface area contributed by atoms with Crippen molar-refractivity contribution in [2.75, 3.05) is 0 Å². The number of aryl methyl sites for hydroxylation is 1. The van der Waals surface area contributed by atoms with Gasteiger partial charge in [0.15, 0.2) is 0 Å². The van der Waals surface area contributed by atoms with E-state index in [1.807, 2.05) is 49.4 Å². The molecule has 3 heteroatoms. The fraction of sp³-hybridized carbons (Fsp3) is 0.143. The van der Waals surface area contributed by atoms with Crippen molar-refractivity contribution >= 4 is 0 Å². The monoisotopic (exact) mass is 227 g/mol. The Bertz CT molecular complexity index is 549. The van der Waals surface area contributed by atoms with E-state index in [4.69, 9.17) is 0 Å². The molecule has 0 bridgehead atoms. The highest BCUT2D eigenvalue weighted by atomic mass is 16.6. The largest absolute Gasteiger partial charge is 0.264 e. The zero-order valence-corrected chi connectivity index (χ0v) is 9.59. The van der Waals surface area contributed by atoms with Crippen molar-refractivity contribution in [2.45, 2.75) is 13.5 Å². The summed E-state index contributed by atoms with van der Waals surface area (Å²) >= 11 is 0. The highest BCUT2D eigenvalue weighted by molar-refractivity contribution is 5.67. The second kappa shape index (κ2) is 4.78. The van der Waals surface area contributed by atoms with Crippen LogP contribution in [0.25, 0.3) is 11.1 Å². The summed E-state index contributed by atoms with van der Waals surface area (Å²) in [6.45, 7) is 1.91. The van der Waals surface area contributed by atoms with Crippen molar-refractivity contribution in [1.82, 2.24) is 0 Å². The van der Waals surface area contributed by atoms with Crippen LogP contribution in [0.3, 0.4) is 0 Å². The minimum Gasteiger partial charge on any atom is -0.264 e. The molecule has 0 aliphatic rings. The molecule has 17 heavy (non-hydrogen) atoms. The minimum atomic E-state index is -0.309. The molecule has 86 valence electrons. The summed E-state index contributed by atoms with van der Waals surface area (Å²) in [6.07, 6.45) is 0. The van der Waals surface area contributed by atoms with Gasteiger partial charge in [-0.15, -0.1) is 0 Å². The van der Waals surface area contributed by atoms with E-state index in [0.29, 0.717) is 0 Å². The Hall–Kier alpha value is -2.16. The van der Waals surface area contributed by atoms with Gasteiger partial charge in [-0.2, -0.15) is 0 Å². The van der Waals surface area contributed by atoms with Crippen molar-refractivity contribution in [3.05, 3.63) is 69.8 Å². The van der Waals surface area contributed by atoms with Gasteiger partial charge in [-0.3, -0.25) is 10.1 Å². The van der Waals surface area contributed by atoms with Gasteiger partial charge in [-0.05, 0) is 29.7 Å². The average molecular weight is 227 g/mol. The van der Waals surface area contributed by atoms with E-state index in [0.717, 1.165) is 16.7 Å². The van der Waals surface area contributed by atoms with Gasteiger partial charge in [0.1, 0.15) is 0 Å². The van der Waals surface area contributed by atoms with Crippen LogP contribution in [-0.2, 0) is 6.54 Å². The van der Waals surface area contributed by atoms with E-state index >= 15 is 0 Å². The van der Waals surface area contributed by atoms with Crippen LogP contribution in [0.1, 0.15) is 11.1 Å². The number of rotatable bonds is 3. The highest BCUT2D eigenvalue weighted by Crippen LogP contribution is 2.23. The Kier molecular flexibility index (Phi) is 3.19. The molecule has 0 amide bonds. The molecule has 0 aliphatic heterocycles. The molecule has 2 rings (SSSR count). The predicted octanol–water partition coefficient (Wildman–Crippen LogP) is 3.44. The Labute approximate surface area is 99.9 Å². The lowest BCUT2D eigenvalue weighted by molar-refractivity contribution is -0.496. The van der Waals surface area contributed by atoms with Gasteiger partial charge in [0, 0.05) is 10.5 Å². The molecule has 0 saturated carbocycles. The molecule has 0 radical (unpaired) electrons. The molecule has 0 saturated heterocycles. The lowest BCUT2D eigenvalue weighted by Gasteiger charge is -2.06. The summed E-state index contributed by atoms with van der Waals surface area (Å²) in [5.41, 5.74) is 4.06. The zero-order chi connectivity index (χ0) is 12.3. The van der Waals surface area contributed by atoms with E-state index < -0.39 is 0 Å². The predicted molar refractivity (Wildman–Crippen MR) is 67.3 cm³/mol. The molecule has 0 fully saturated rings. The summed E-state index contributed by atoms with van der Waals surface area (Å²) in [7, 11) is 0. The van der Waals surface area contributed by atoms with Crippen molar-refractivity contribution < 1.29 is 4.92 Å². The van der Waals surface area contributed by atoms with Crippen LogP contribution < -0.4 is 0 Å².